The fourth-order valence-electron chi connectivity index (χ4n) is 3.50. The number of carboxylic acid groups (broad SMARTS) is 1. The molecule has 11 nitrogen and oxygen atoms in total. The Morgan fingerprint density at radius 1 is 0.725 bits per heavy atom. The van der Waals surface area contributed by atoms with Gasteiger partial charge in [0.05, 0.1) is 35.3 Å². The number of hydrogen-bond donors (Lipinski definition) is 4. The highest BCUT2D eigenvalue weighted by molar-refractivity contribution is 6.07. The molecular formula is C29H34N4O7. The Labute approximate surface area is 232 Å². The molecule has 0 unspecified atom stereocenters. The largest absolute Gasteiger partial charge is 0.489 e. The third kappa shape index (κ3) is 7.85. The zero-order valence-corrected chi connectivity index (χ0v) is 23.3. The lowest BCUT2D eigenvalue weighted by molar-refractivity contribution is 0.0695. The van der Waals surface area contributed by atoms with Crippen molar-refractivity contribution in [2.75, 3.05) is 16.4 Å². The second-order valence-electron chi connectivity index (χ2n) is 9.73. The summed E-state index contributed by atoms with van der Waals surface area (Å²) in [4.78, 5) is 41.9. The van der Waals surface area contributed by atoms with Gasteiger partial charge in [-0.3, -0.25) is 9.59 Å². The van der Waals surface area contributed by atoms with E-state index >= 15 is 0 Å². The van der Waals surface area contributed by atoms with Crippen molar-refractivity contribution >= 4 is 34.8 Å². The van der Waals surface area contributed by atoms with Crippen molar-refractivity contribution < 1.29 is 33.7 Å². The summed E-state index contributed by atoms with van der Waals surface area (Å²) >= 11 is 0. The Morgan fingerprint density at radius 2 is 1.27 bits per heavy atom. The van der Waals surface area contributed by atoms with Gasteiger partial charge in [-0.25, -0.2) is 9.78 Å². The molecule has 3 aromatic rings. The number of amides is 2. The standard InChI is InChI=1S/C29H34N4O7/c1-15(2)38-24-13-18(7-9-20(24)30)26(34)32-23-12-11-22(33-28(23)40-17(5)6)27(35)31-21-10-8-19(29(36)37)14-25(21)39-16(3)4/h7-17H,30H2,1-6H3,(H,31,35)(H,32,34)(H,36,37). The average Bonchev–Trinajstić information content (AvgIpc) is 2.86. The molecule has 0 aliphatic carbocycles. The number of aromatic nitrogens is 1. The van der Waals surface area contributed by atoms with Gasteiger partial charge in [0.2, 0.25) is 5.88 Å². The zero-order chi connectivity index (χ0) is 29.6. The van der Waals surface area contributed by atoms with Gasteiger partial charge < -0.3 is 35.7 Å². The molecule has 0 spiro atoms. The predicted molar refractivity (Wildman–Crippen MR) is 152 cm³/mol. The topological polar surface area (TPSA) is 162 Å². The summed E-state index contributed by atoms with van der Waals surface area (Å²) in [5, 5.41) is 14.8. The monoisotopic (exact) mass is 550 g/mol. The number of nitrogens with one attached hydrogen (secondary N) is 2. The molecule has 1 aromatic heterocycles. The van der Waals surface area contributed by atoms with Gasteiger partial charge in [-0.15, -0.1) is 0 Å². The molecule has 0 saturated carbocycles. The first-order chi connectivity index (χ1) is 18.8. The van der Waals surface area contributed by atoms with E-state index in [9.17, 15) is 19.5 Å². The first kappa shape index (κ1) is 29.8. The summed E-state index contributed by atoms with van der Waals surface area (Å²) in [5.41, 5.74) is 7.24. The number of carboxylic acids is 1. The van der Waals surface area contributed by atoms with Gasteiger partial charge in [0.25, 0.3) is 11.8 Å². The van der Waals surface area contributed by atoms with E-state index in [1.165, 1.54) is 30.3 Å². The number of hydrogen-bond acceptors (Lipinski definition) is 8. The summed E-state index contributed by atoms with van der Waals surface area (Å²) in [7, 11) is 0. The van der Waals surface area contributed by atoms with Crippen LogP contribution in [0.2, 0.25) is 0 Å². The van der Waals surface area contributed by atoms with Crippen LogP contribution in [0.5, 0.6) is 17.4 Å². The number of carbonyl (C=O) groups excluding carboxylic acids is 2. The summed E-state index contributed by atoms with van der Waals surface area (Å²) in [6, 6.07) is 11.8. The van der Waals surface area contributed by atoms with E-state index in [0.29, 0.717) is 17.0 Å². The second-order valence-corrected chi connectivity index (χ2v) is 9.73. The Morgan fingerprint density at radius 3 is 1.90 bits per heavy atom. The van der Waals surface area contributed by atoms with Crippen LogP contribution >= 0.6 is 0 Å². The molecule has 0 saturated heterocycles. The maximum absolute atomic E-state index is 13.1. The molecule has 2 amide bonds. The van der Waals surface area contributed by atoms with Crippen molar-refractivity contribution in [3.8, 4) is 17.4 Å². The minimum absolute atomic E-state index is 0.00608. The van der Waals surface area contributed by atoms with E-state index in [0.717, 1.165) is 0 Å². The van der Waals surface area contributed by atoms with E-state index in [2.05, 4.69) is 15.6 Å². The van der Waals surface area contributed by atoms with Gasteiger partial charge >= 0.3 is 5.97 Å². The molecule has 40 heavy (non-hydrogen) atoms. The van der Waals surface area contributed by atoms with E-state index in [1.807, 2.05) is 13.8 Å². The number of carbonyl (C=O) groups is 3. The first-order valence-electron chi connectivity index (χ1n) is 12.7. The molecule has 2 aromatic carbocycles. The van der Waals surface area contributed by atoms with Crippen molar-refractivity contribution in [2.24, 2.45) is 0 Å². The lowest BCUT2D eigenvalue weighted by Gasteiger charge is -2.17. The SMILES string of the molecule is CC(C)Oc1cc(C(=O)Nc2ccc(C(=O)Nc3ccc(C(=O)O)cc3OC(C)C)nc2OC(C)C)ccc1N. The van der Waals surface area contributed by atoms with Crippen LogP contribution in [0.15, 0.2) is 48.5 Å². The fourth-order valence-corrected chi connectivity index (χ4v) is 3.50. The molecule has 11 heteroatoms. The lowest BCUT2D eigenvalue weighted by Crippen LogP contribution is -2.19. The molecule has 3 rings (SSSR count). The lowest BCUT2D eigenvalue weighted by atomic mass is 10.1. The minimum atomic E-state index is -1.12. The molecule has 0 aliphatic heterocycles. The second kappa shape index (κ2) is 12.8. The van der Waals surface area contributed by atoms with E-state index < -0.39 is 17.8 Å². The molecular weight excluding hydrogens is 516 g/mol. The highest BCUT2D eigenvalue weighted by Crippen LogP contribution is 2.30. The number of benzene rings is 2. The number of nitrogen functional groups attached to an aromatic ring is 1. The van der Waals surface area contributed by atoms with Crippen LogP contribution in [-0.4, -0.2) is 46.2 Å². The number of anilines is 3. The van der Waals surface area contributed by atoms with E-state index in [1.54, 1.807) is 45.9 Å². The Kier molecular flexibility index (Phi) is 9.54. The van der Waals surface area contributed by atoms with Gasteiger partial charge in [-0.05, 0) is 90.1 Å². The minimum Gasteiger partial charge on any atom is -0.489 e. The predicted octanol–water partition coefficient (Wildman–Crippen LogP) is 5.23. The number of nitrogens with zero attached hydrogens (tertiary/aromatic N) is 1. The molecule has 0 radical (unpaired) electrons. The van der Waals surface area contributed by atoms with Crippen molar-refractivity contribution in [2.45, 2.75) is 59.9 Å². The molecule has 0 fully saturated rings. The van der Waals surface area contributed by atoms with Crippen molar-refractivity contribution in [1.29, 1.82) is 0 Å². The molecule has 212 valence electrons. The maximum Gasteiger partial charge on any atom is 0.335 e. The Hall–Kier alpha value is -4.80. The van der Waals surface area contributed by atoms with Crippen LogP contribution in [0.25, 0.3) is 0 Å². The summed E-state index contributed by atoms with van der Waals surface area (Å²) in [6.45, 7) is 10.9. The van der Waals surface area contributed by atoms with E-state index in [-0.39, 0.29) is 52.6 Å². The fraction of sp³-hybridized carbons (Fsp3) is 0.310. The zero-order valence-electron chi connectivity index (χ0n) is 23.3. The van der Waals surface area contributed by atoms with Gasteiger partial charge in [-0.2, -0.15) is 0 Å². The third-order valence-corrected chi connectivity index (χ3v) is 5.17. The molecule has 0 atom stereocenters. The van der Waals surface area contributed by atoms with E-state index in [4.69, 9.17) is 19.9 Å². The number of nitrogens with two attached hydrogens (primary N) is 1. The van der Waals surface area contributed by atoms with Gasteiger partial charge in [0, 0.05) is 5.56 Å². The highest BCUT2D eigenvalue weighted by atomic mass is 16.5. The quantitative estimate of drug-likeness (QED) is 0.234. The smallest absolute Gasteiger partial charge is 0.335 e. The molecule has 0 bridgehead atoms. The number of pyridine rings is 1. The van der Waals surface area contributed by atoms with Crippen LogP contribution in [0.1, 0.15) is 72.7 Å². The number of ether oxygens (including phenoxy) is 3. The molecule has 0 aliphatic rings. The first-order valence-corrected chi connectivity index (χ1v) is 12.7. The van der Waals surface area contributed by atoms with Crippen LogP contribution in [-0.2, 0) is 0 Å². The molecule has 1 heterocycles. The van der Waals surface area contributed by atoms with Crippen molar-refractivity contribution in [3.05, 3.63) is 65.4 Å². The van der Waals surface area contributed by atoms with Crippen molar-refractivity contribution in [3.63, 3.8) is 0 Å². The third-order valence-electron chi connectivity index (χ3n) is 5.17. The van der Waals surface area contributed by atoms with Crippen LogP contribution in [0.4, 0.5) is 17.1 Å². The van der Waals surface area contributed by atoms with Gasteiger partial charge in [0.15, 0.2) is 0 Å². The normalized spacial score (nSPS) is 10.9. The van der Waals surface area contributed by atoms with Crippen LogP contribution in [0, 0.1) is 0 Å². The summed E-state index contributed by atoms with van der Waals surface area (Å²) in [5.74, 6) is -1.51. The van der Waals surface area contributed by atoms with Gasteiger partial charge in [0.1, 0.15) is 22.9 Å². The van der Waals surface area contributed by atoms with Gasteiger partial charge in [-0.1, -0.05) is 0 Å². The highest BCUT2D eigenvalue weighted by Gasteiger charge is 2.19. The average molecular weight is 551 g/mol. The maximum atomic E-state index is 13.1. The Bertz CT molecular complexity index is 1400. The number of rotatable bonds is 11. The number of aromatic carboxylic acids is 1. The summed E-state index contributed by atoms with van der Waals surface area (Å²) < 4.78 is 17.2. The molecule has 5 N–H and O–H groups in total. The Balaban J connectivity index is 1.87. The van der Waals surface area contributed by atoms with Crippen LogP contribution < -0.4 is 30.6 Å². The van der Waals surface area contributed by atoms with Crippen molar-refractivity contribution in [1.82, 2.24) is 4.98 Å². The summed E-state index contributed by atoms with van der Waals surface area (Å²) in [6.07, 6.45) is -0.697. The van der Waals surface area contributed by atoms with Crippen LogP contribution in [0.3, 0.4) is 0 Å².